The zero-order chi connectivity index (χ0) is 17.4. The van der Waals surface area contributed by atoms with Gasteiger partial charge in [0.15, 0.2) is 11.5 Å². The minimum atomic E-state index is -0.973. The zero-order valence-electron chi connectivity index (χ0n) is 13.7. The van der Waals surface area contributed by atoms with Crippen molar-refractivity contribution in [2.75, 3.05) is 7.11 Å². The second-order valence-corrected chi connectivity index (χ2v) is 5.94. The van der Waals surface area contributed by atoms with E-state index in [0.717, 1.165) is 11.3 Å². The van der Waals surface area contributed by atoms with Gasteiger partial charge >= 0.3 is 5.97 Å². The Morgan fingerprint density at radius 1 is 1.16 bits per heavy atom. The first-order valence-corrected chi connectivity index (χ1v) is 8.00. The van der Waals surface area contributed by atoms with Crippen molar-refractivity contribution in [3.05, 3.63) is 77.6 Å². The number of nitrogens with zero attached hydrogens (tertiary/aromatic N) is 1. The summed E-state index contributed by atoms with van der Waals surface area (Å²) in [4.78, 5) is 11.8. The maximum absolute atomic E-state index is 11.8. The molecule has 0 fully saturated rings. The molecule has 1 aliphatic heterocycles. The summed E-state index contributed by atoms with van der Waals surface area (Å²) in [5.41, 5.74) is 1.86. The summed E-state index contributed by atoms with van der Waals surface area (Å²) in [6.07, 6.45) is 3.94. The van der Waals surface area contributed by atoms with E-state index in [1.54, 1.807) is 19.2 Å². The molecule has 5 nitrogen and oxygen atoms in total. The molecule has 0 aliphatic carbocycles. The molecular weight excluding hydrogens is 318 g/mol. The summed E-state index contributed by atoms with van der Waals surface area (Å²) in [7, 11) is 1.56. The van der Waals surface area contributed by atoms with E-state index in [4.69, 9.17) is 9.47 Å². The van der Waals surface area contributed by atoms with Crippen molar-refractivity contribution >= 4 is 5.97 Å². The minimum absolute atomic E-state index is 0.145. The van der Waals surface area contributed by atoms with Crippen LogP contribution >= 0.6 is 0 Å². The molecule has 1 aliphatic rings. The molecule has 4 rings (SSSR count). The first-order chi connectivity index (χ1) is 12.2. The van der Waals surface area contributed by atoms with Gasteiger partial charge in [-0.1, -0.05) is 18.2 Å². The van der Waals surface area contributed by atoms with Gasteiger partial charge in [0, 0.05) is 36.0 Å². The van der Waals surface area contributed by atoms with Crippen molar-refractivity contribution in [3.8, 4) is 17.2 Å². The van der Waals surface area contributed by atoms with Crippen LogP contribution in [0.2, 0.25) is 0 Å². The van der Waals surface area contributed by atoms with Crippen molar-refractivity contribution in [2.45, 2.75) is 12.5 Å². The van der Waals surface area contributed by atoms with Crippen LogP contribution in [0.3, 0.4) is 0 Å². The average molecular weight is 335 g/mol. The normalized spacial score (nSPS) is 15.0. The van der Waals surface area contributed by atoms with Gasteiger partial charge < -0.3 is 19.1 Å². The number of hydrogen-bond donors (Lipinski definition) is 1. The fourth-order valence-corrected chi connectivity index (χ4v) is 3.40. The lowest BCUT2D eigenvalue weighted by molar-refractivity contribution is 0.0694. The van der Waals surface area contributed by atoms with Crippen LogP contribution < -0.4 is 9.47 Å². The number of carbonyl (C=O) groups is 1. The predicted molar refractivity (Wildman–Crippen MR) is 92.7 cm³/mol. The largest absolute Gasteiger partial charge is 0.493 e. The SMILES string of the molecule is COc1ccc(C(=O)O)c2c1Oc1ccccc1C2Cn1cccc1. The minimum Gasteiger partial charge on any atom is -0.493 e. The summed E-state index contributed by atoms with van der Waals surface area (Å²) >= 11 is 0. The number of ether oxygens (including phenoxy) is 2. The average Bonchev–Trinajstić information content (AvgIpc) is 3.13. The molecule has 25 heavy (non-hydrogen) atoms. The molecule has 3 aromatic rings. The molecule has 1 aromatic heterocycles. The van der Waals surface area contributed by atoms with Crippen molar-refractivity contribution in [1.82, 2.24) is 4.57 Å². The molecule has 1 N–H and O–H groups in total. The Morgan fingerprint density at radius 2 is 1.92 bits per heavy atom. The molecule has 5 heteroatoms. The highest BCUT2D eigenvalue weighted by molar-refractivity contribution is 5.92. The Kier molecular flexibility index (Phi) is 3.69. The van der Waals surface area contributed by atoms with E-state index >= 15 is 0 Å². The van der Waals surface area contributed by atoms with E-state index in [1.165, 1.54) is 0 Å². The van der Waals surface area contributed by atoms with E-state index in [0.29, 0.717) is 23.6 Å². The molecule has 0 amide bonds. The molecule has 0 saturated carbocycles. The number of fused-ring (bicyclic) bond motifs is 2. The van der Waals surface area contributed by atoms with Crippen LogP contribution in [-0.2, 0) is 6.54 Å². The first-order valence-electron chi connectivity index (χ1n) is 8.00. The van der Waals surface area contributed by atoms with Crippen LogP contribution in [0.15, 0.2) is 60.9 Å². The number of hydrogen-bond acceptors (Lipinski definition) is 3. The quantitative estimate of drug-likeness (QED) is 0.779. The van der Waals surface area contributed by atoms with Gasteiger partial charge in [0.2, 0.25) is 0 Å². The second kappa shape index (κ2) is 6.02. The fourth-order valence-electron chi connectivity index (χ4n) is 3.40. The molecule has 2 heterocycles. The van der Waals surface area contributed by atoms with Crippen LogP contribution in [0.25, 0.3) is 0 Å². The van der Waals surface area contributed by atoms with Gasteiger partial charge in [0.25, 0.3) is 0 Å². The number of carboxylic acid groups (broad SMARTS) is 1. The highest BCUT2D eigenvalue weighted by Crippen LogP contribution is 2.50. The number of benzene rings is 2. The Morgan fingerprint density at radius 3 is 2.64 bits per heavy atom. The third-order valence-electron chi connectivity index (χ3n) is 4.52. The standard InChI is InChI=1S/C20H17NO4/c1-24-17-9-8-14(20(22)23)18-15(12-21-10-4-5-11-21)13-6-2-3-7-16(13)25-19(17)18/h2-11,15H,12H2,1H3,(H,22,23). The van der Waals surface area contributed by atoms with Gasteiger partial charge in [-0.05, 0) is 30.3 Å². The van der Waals surface area contributed by atoms with Crippen LogP contribution in [-0.4, -0.2) is 22.8 Å². The predicted octanol–water partition coefficient (Wildman–Crippen LogP) is 4.13. The number of aromatic carboxylic acids is 1. The van der Waals surface area contributed by atoms with Crippen LogP contribution in [0, 0.1) is 0 Å². The number of methoxy groups -OCH3 is 1. The van der Waals surface area contributed by atoms with Gasteiger partial charge in [-0.15, -0.1) is 0 Å². The molecule has 0 saturated heterocycles. The number of rotatable bonds is 4. The highest BCUT2D eigenvalue weighted by atomic mass is 16.5. The van der Waals surface area contributed by atoms with Crippen molar-refractivity contribution < 1.29 is 19.4 Å². The first kappa shape index (κ1) is 15.3. The van der Waals surface area contributed by atoms with E-state index in [-0.39, 0.29) is 11.5 Å². The Balaban J connectivity index is 1.95. The van der Waals surface area contributed by atoms with Crippen molar-refractivity contribution in [2.24, 2.45) is 0 Å². The number of aromatic nitrogens is 1. The molecule has 0 bridgehead atoms. The summed E-state index contributed by atoms with van der Waals surface area (Å²) in [5.74, 6) is 0.631. The number of para-hydroxylation sites is 1. The lowest BCUT2D eigenvalue weighted by atomic mass is 9.84. The van der Waals surface area contributed by atoms with Crippen molar-refractivity contribution in [3.63, 3.8) is 0 Å². The van der Waals surface area contributed by atoms with E-state index in [2.05, 4.69) is 0 Å². The van der Waals surface area contributed by atoms with Gasteiger partial charge in [0.05, 0.1) is 12.7 Å². The van der Waals surface area contributed by atoms with Gasteiger partial charge in [-0.2, -0.15) is 0 Å². The summed E-state index contributed by atoms with van der Waals surface area (Å²) < 4.78 is 13.5. The molecule has 1 unspecified atom stereocenters. The van der Waals surface area contributed by atoms with E-state index in [1.807, 2.05) is 53.4 Å². The maximum Gasteiger partial charge on any atom is 0.336 e. The lowest BCUT2D eigenvalue weighted by Gasteiger charge is -2.30. The van der Waals surface area contributed by atoms with Crippen LogP contribution in [0.1, 0.15) is 27.4 Å². The smallest absolute Gasteiger partial charge is 0.336 e. The topological polar surface area (TPSA) is 60.7 Å². The summed E-state index contributed by atoms with van der Waals surface area (Å²) in [6, 6.07) is 14.9. The fraction of sp³-hybridized carbons (Fsp3) is 0.150. The van der Waals surface area contributed by atoms with Gasteiger partial charge in [-0.25, -0.2) is 4.79 Å². The summed E-state index contributed by atoms with van der Waals surface area (Å²) in [5, 5.41) is 9.69. The second-order valence-electron chi connectivity index (χ2n) is 5.94. The lowest BCUT2D eigenvalue weighted by Crippen LogP contribution is -2.19. The Bertz CT molecular complexity index is 931. The van der Waals surface area contributed by atoms with Crippen molar-refractivity contribution in [1.29, 1.82) is 0 Å². The zero-order valence-corrected chi connectivity index (χ0v) is 13.7. The molecule has 1 atom stereocenters. The third kappa shape index (κ3) is 2.54. The molecular formula is C20H17NO4. The maximum atomic E-state index is 11.8. The van der Waals surface area contributed by atoms with Crippen LogP contribution in [0.4, 0.5) is 0 Å². The van der Waals surface area contributed by atoms with Crippen LogP contribution in [0.5, 0.6) is 17.2 Å². The van der Waals surface area contributed by atoms with E-state index in [9.17, 15) is 9.90 Å². The monoisotopic (exact) mass is 335 g/mol. The Labute approximate surface area is 145 Å². The molecule has 2 aromatic carbocycles. The third-order valence-corrected chi connectivity index (χ3v) is 4.52. The highest BCUT2D eigenvalue weighted by Gasteiger charge is 2.33. The summed E-state index contributed by atoms with van der Waals surface area (Å²) in [6.45, 7) is 0.619. The molecule has 126 valence electrons. The molecule has 0 spiro atoms. The molecule has 0 radical (unpaired) electrons. The van der Waals surface area contributed by atoms with Gasteiger partial charge in [0.1, 0.15) is 5.75 Å². The van der Waals surface area contributed by atoms with Gasteiger partial charge in [-0.3, -0.25) is 0 Å². The Hall–Kier alpha value is -3.21. The van der Waals surface area contributed by atoms with E-state index < -0.39 is 5.97 Å². The number of carboxylic acids is 1.